The number of morpholine rings is 1. The summed E-state index contributed by atoms with van der Waals surface area (Å²) in [6, 6.07) is 6.23. The van der Waals surface area contributed by atoms with Gasteiger partial charge < -0.3 is 19.9 Å². The Morgan fingerprint density at radius 2 is 1.94 bits per heavy atom. The summed E-state index contributed by atoms with van der Waals surface area (Å²) in [5, 5.41) is 3.51. The lowest BCUT2D eigenvalue weighted by Gasteiger charge is -2.33. The Bertz CT molecular complexity index is 924. The van der Waals surface area contributed by atoms with Gasteiger partial charge in [0.05, 0.1) is 37.1 Å². The van der Waals surface area contributed by atoms with Crippen LogP contribution in [0, 0.1) is 0 Å². The molecule has 1 aromatic carbocycles. The van der Waals surface area contributed by atoms with E-state index in [-0.39, 0.29) is 30.8 Å². The zero-order chi connectivity index (χ0) is 22.0. The van der Waals surface area contributed by atoms with Crippen LogP contribution in [0.4, 0.5) is 4.79 Å². The van der Waals surface area contributed by atoms with E-state index in [2.05, 4.69) is 11.9 Å². The molecule has 0 aromatic heterocycles. The molecule has 1 N–H and O–H groups in total. The van der Waals surface area contributed by atoms with Crippen LogP contribution in [0.2, 0.25) is 5.02 Å². The second-order valence-corrected chi connectivity index (χ2v) is 8.10. The van der Waals surface area contributed by atoms with E-state index >= 15 is 0 Å². The predicted molar refractivity (Wildman–Crippen MR) is 115 cm³/mol. The van der Waals surface area contributed by atoms with E-state index < -0.39 is 6.04 Å². The van der Waals surface area contributed by atoms with Gasteiger partial charge in [0.25, 0.3) is 5.91 Å². The Balaban J connectivity index is 1.54. The van der Waals surface area contributed by atoms with Crippen LogP contribution in [0.15, 0.2) is 48.2 Å². The maximum atomic E-state index is 13.3. The van der Waals surface area contributed by atoms with Gasteiger partial charge in [-0.1, -0.05) is 29.8 Å². The summed E-state index contributed by atoms with van der Waals surface area (Å²) in [7, 11) is 0. The fourth-order valence-electron chi connectivity index (χ4n) is 4.16. The molecule has 3 aliphatic rings. The second kappa shape index (κ2) is 9.11. The van der Waals surface area contributed by atoms with Gasteiger partial charge in [0, 0.05) is 37.6 Å². The van der Waals surface area contributed by atoms with Crippen LogP contribution in [0.3, 0.4) is 0 Å². The highest BCUT2D eigenvalue weighted by molar-refractivity contribution is 6.30. The third-order valence-electron chi connectivity index (χ3n) is 5.77. The molecule has 8 nitrogen and oxygen atoms in total. The molecular weight excluding hydrogens is 420 g/mol. The molecule has 0 aliphatic carbocycles. The topological polar surface area (TPSA) is 82.2 Å². The van der Waals surface area contributed by atoms with E-state index in [0.29, 0.717) is 55.7 Å². The lowest BCUT2D eigenvalue weighted by atomic mass is 9.95. The van der Waals surface area contributed by atoms with Crippen LogP contribution in [0.25, 0.3) is 0 Å². The number of amides is 4. The summed E-state index contributed by atoms with van der Waals surface area (Å²) >= 11 is 6.00. The maximum Gasteiger partial charge on any atom is 0.322 e. The highest BCUT2D eigenvalue weighted by atomic mass is 35.5. The van der Waals surface area contributed by atoms with Gasteiger partial charge in [0.1, 0.15) is 0 Å². The van der Waals surface area contributed by atoms with Gasteiger partial charge in [-0.2, -0.15) is 0 Å². The molecule has 164 valence electrons. The fourth-order valence-corrected chi connectivity index (χ4v) is 4.28. The molecule has 9 heteroatoms. The molecule has 3 aliphatic heterocycles. The van der Waals surface area contributed by atoms with Crippen molar-refractivity contribution in [2.75, 3.05) is 45.9 Å². The molecular formula is C22H25ClN4O4. The number of halogens is 1. The van der Waals surface area contributed by atoms with Crippen molar-refractivity contribution in [3.8, 4) is 0 Å². The standard InChI is InChI=1S/C22H25ClN4O4/c1-2-8-27-17-14-26(9-7-18(28)25-10-12-31-13-11-25)21(29)19(17)20(24-22(27)30)15-3-5-16(23)6-4-15/h2-6,20H,1,7-14H2,(H,24,30). The Morgan fingerprint density at radius 3 is 2.61 bits per heavy atom. The van der Waals surface area contributed by atoms with Crippen molar-refractivity contribution in [2.24, 2.45) is 0 Å². The van der Waals surface area contributed by atoms with E-state index in [0.717, 1.165) is 5.56 Å². The molecule has 0 spiro atoms. The van der Waals surface area contributed by atoms with Gasteiger partial charge in [-0.05, 0) is 17.7 Å². The normalized spacial score (nSPS) is 21.3. The number of nitrogens with zero attached hydrogens (tertiary/aromatic N) is 3. The number of carbonyl (C=O) groups is 3. The van der Waals surface area contributed by atoms with Crippen molar-refractivity contribution in [3.05, 3.63) is 58.8 Å². The van der Waals surface area contributed by atoms with Crippen LogP contribution in [-0.2, 0) is 14.3 Å². The SMILES string of the molecule is C=CCN1C(=O)NC(c2ccc(Cl)cc2)C2=C1CN(CCC(=O)N1CCOCC1)C2=O. The lowest BCUT2D eigenvalue weighted by Crippen LogP contribution is -2.47. The van der Waals surface area contributed by atoms with E-state index in [1.807, 2.05) is 0 Å². The average molecular weight is 445 g/mol. The molecule has 0 bridgehead atoms. The minimum absolute atomic E-state index is 0.00683. The fraction of sp³-hybridized carbons (Fsp3) is 0.409. The van der Waals surface area contributed by atoms with Crippen LogP contribution in [0.1, 0.15) is 18.0 Å². The van der Waals surface area contributed by atoms with Crippen molar-refractivity contribution in [3.63, 3.8) is 0 Å². The lowest BCUT2D eigenvalue weighted by molar-refractivity contribution is -0.136. The monoisotopic (exact) mass is 444 g/mol. The van der Waals surface area contributed by atoms with Gasteiger partial charge in [-0.15, -0.1) is 6.58 Å². The Labute approximate surface area is 186 Å². The van der Waals surface area contributed by atoms with Gasteiger partial charge >= 0.3 is 6.03 Å². The number of carbonyl (C=O) groups excluding carboxylic acids is 3. The summed E-state index contributed by atoms with van der Waals surface area (Å²) in [5.74, 6) is -0.161. The number of hydrogen-bond acceptors (Lipinski definition) is 4. The number of nitrogens with one attached hydrogen (secondary N) is 1. The van der Waals surface area contributed by atoms with E-state index in [4.69, 9.17) is 16.3 Å². The zero-order valence-electron chi connectivity index (χ0n) is 17.2. The summed E-state index contributed by atoms with van der Waals surface area (Å²) < 4.78 is 5.29. The summed E-state index contributed by atoms with van der Waals surface area (Å²) in [5.41, 5.74) is 1.97. The third-order valence-corrected chi connectivity index (χ3v) is 6.02. The zero-order valence-corrected chi connectivity index (χ0v) is 17.9. The molecule has 0 saturated carbocycles. The first-order chi connectivity index (χ1) is 15.0. The van der Waals surface area contributed by atoms with Gasteiger partial charge in [0.15, 0.2) is 0 Å². The van der Waals surface area contributed by atoms with Crippen molar-refractivity contribution >= 4 is 29.4 Å². The molecule has 31 heavy (non-hydrogen) atoms. The minimum atomic E-state index is -0.562. The number of rotatable bonds is 6. The maximum absolute atomic E-state index is 13.3. The third kappa shape index (κ3) is 4.31. The summed E-state index contributed by atoms with van der Waals surface area (Å²) in [6.45, 7) is 6.83. The second-order valence-electron chi connectivity index (χ2n) is 7.66. The average Bonchev–Trinajstić information content (AvgIpc) is 3.11. The van der Waals surface area contributed by atoms with E-state index in [1.165, 1.54) is 4.90 Å². The molecule has 4 rings (SSSR count). The molecule has 1 aromatic rings. The first kappa shape index (κ1) is 21.4. The predicted octanol–water partition coefficient (Wildman–Crippen LogP) is 1.94. The molecule has 1 atom stereocenters. The highest BCUT2D eigenvalue weighted by Gasteiger charge is 2.43. The molecule has 0 radical (unpaired) electrons. The minimum Gasteiger partial charge on any atom is -0.378 e. The summed E-state index contributed by atoms with van der Waals surface area (Å²) in [6.07, 6.45) is 1.86. The highest BCUT2D eigenvalue weighted by Crippen LogP contribution is 2.36. The van der Waals surface area contributed by atoms with Crippen LogP contribution < -0.4 is 5.32 Å². The van der Waals surface area contributed by atoms with E-state index in [9.17, 15) is 14.4 Å². The Kier molecular flexibility index (Phi) is 6.29. The first-order valence-electron chi connectivity index (χ1n) is 10.3. The Hall–Kier alpha value is -2.84. The largest absolute Gasteiger partial charge is 0.378 e. The number of benzene rings is 1. The first-order valence-corrected chi connectivity index (χ1v) is 10.7. The van der Waals surface area contributed by atoms with Gasteiger partial charge in [-0.3, -0.25) is 14.5 Å². The molecule has 1 unspecified atom stereocenters. The molecule has 1 fully saturated rings. The van der Waals surface area contributed by atoms with Crippen molar-refractivity contribution in [2.45, 2.75) is 12.5 Å². The molecule has 1 saturated heterocycles. The number of ether oxygens (including phenoxy) is 1. The van der Waals surface area contributed by atoms with Crippen LogP contribution in [0.5, 0.6) is 0 Å². The molecule has 3 heterocycles. The quantitative estimate of drug-likeness (QED) is 0.680. The van der Waals surface area contributed by atoms with Crippen LogP contribution >= 0.6 is 11.6 Å². The molecule has 4 amide bonds. The number of hydrogen-bond donors (Lipinski definition) is 1. The number of urea groups is 1. The van der Waals surface area contributed by atoms with Crippen LogP contribution in [-0.4, -0.2) is 78.5 Å². The smallest absolute Gasteiger partial charge is 0.322 e. The van der Waals surface area contributed by atoms with E-state index in [1.54, 1.807) is 40.1 Å². The summed E-state index contributed by atoms with van der Waals surface area (Å²) in [4.78, 5) is 43.6. The van der Waals surface area contributed by atoms with Gasteiger partial charge in [-0.25, -0.2) is 4.79 Å². The van der Waals surface area contributed by atoms with Gasteiger partial charge in [0.2, 0.25) is 5.91 Å². The van der Waals surface area contributed by atoms with Crippen molar-refractivity contribution < 1.29 is 19.1 Å². The van der Waals surface area contributed by atoms with Crippen molar-refractivity contribution in [1.29, 1.82) is 0 Å². The van der Waals surface area contributed by atoms with Crippen molar-refractivity contribution in [1.82, 2.24) is 20.0 Å². The Morgan fingerprint density at radius 1 is 1.23 bits per heavy atom.